The number of hydrogen-bond donors (Lipinski definition) is 0. The molecule has 0 N–H and O–H groups in total. The smallest absolute Gasteiger partial charge is 0.142 e. The minimum absolute atomic E-state index is 0.917. The van der Waals surface area contributed by atoms with Crippen molar-refractivity contribution < 1.29 is 0 Å². The molecular weight excluding hydrogens is 204 g/mol. The molecule has 0 atom stereocenters. The summed E-state index contributed by atoms with van der Waals surface area (Å²) in [6, 6.07) is 12.1. The van der Waals surface area contributed by atoms with Crippen molar-refractivity contribution >= 4 is 22.2 Å². The van der Waals surface area contributed by atoms with Gasteiger partial charge in [-0.1, -0.05) is 24.3 Å². The molecule has 0 aliphatic heterocycles. The number of pyridine rings is 1. The zero-order chi connectivity index (χ0) is 10.1. The largest absolute Gasteiger partial charge is 0.245 e. The van der Waals surface area contributed by atoms with Gasteiger partial charge < -0.3 is 0 Å². The van der Waals surface area contributed by atoms with E-state index in [4.69, 9.17) is 0 Å². The van der Waals surface area contributed by atoms with Gasteiger partial charge in [-0.2, -0.15) is 0 Å². The molecule has 2 nitrogen and oxygen atoms in total. The maximum absolute atomic E-state index is 4.55. The van der Waals surface area contributed by atoms with E-state index in [1.807, 2.05) is 29.6 Å². The molecule has 3 rings (SSSR count). The fraction of sp³-hybridized carbons (Fsp3) is 0. The Morgan fingerprint density at radius 3 is 2.87 bits per heavy atom. The molecular formula is C12H7N2S. The van der Waals surface area contributed by atoms with Gasteiger partial charge in [-0.3, -0.25) is 0 Å². The Bertz CT molecular complexity index is 587. The van der Waals surface area contributed by atoms with E-state index in [0.717, 1.165) is 21.6 Å². The van der Waals surface area contributed by atoms with E-state index in [-0.39, 0.29) is 0 Å². The Kier molecular flexibility index (Phi) is 1.96. The van der Waals surface area contributed by atoms with Crippen LogP contribution in [0.5, 0.6) is 0 Å². The second kappa shape index (κ2) is 3.44. The van der Waals surface area contributed by atoms with Crippen LogP contribution in [0.2, 0.25) is 0 Å². The summed E-state index contributed by atoms with van der Waals surface area (Å²) < 4.78 is 0. The molecule has 15 heavy (non-hydrogen) atoms. The van der Waals surface area contributed by atoms with Crippen LogP contribution in [0.1, 0.15) is 0 Å². The van der Waals surface area contributed by atoms with Crippen LogP contribution in [0, 0.1) is 6.20 Å². The van der Waals surface area contributed by atoms with Gasteiger partial charge in [0.1, 0.15) is 11.2 Å². The summed E-state index contributed by atoms with van der Waals surface area (Å²) in [6.07, 6.45) is 2.80. The molecule has 0 saturated carbocycles. The molecule has 2 heterocycles. The molecule has 0 aliphatic carbocycles. The molecule has 1 radical (unpaired) electrons. The van der Waals surface area contributed by atoms with Crippen LogP contribution in [0.4, 0.5) is 0 Å². The van der Waals surface area contributed by atoms with Gasteiger partial charge in [0.2, 0.25) is 0 Å². The molecule has 0 amide bonds. The molecule has 0 spiro atoms. The number of benzene rings is 1. The van der Waals surface area contributed by atoms with Crippen LogP contribution in [-0.4, -0.2) is 9.97 Å². The molecule has 0 aliphatic rings. The van der Waals surface area contributed by atoms with Gasteiger partial charge in [0.15, 0.2) is 0 Å². The van der Waals surface area contributed by atoms with Crippen LogP contribution >= 0.6 is 11.3 Å². The lowest BCUT2D eigenvalue weighted by atomic mass is 10.2. The summed E-state index contributed by atoms with van der Waals surface area (Å²) >= 11 is 1.56. The first-order valence-electron chi connectivity index (χ1n) is 4.61. The maximum atomic E-state index is 4.55. The van der Waals surface area contributed by atoms with E-state index < -0.39 is 0 Å². The summed E-state index contributed by atoms with van der Waals surface area (Å²) in [5.41, 5.74) is 1.92. The third-order valence-corrected chi connectivity index (χ3v) is 2.95. The topological polar surface area (TPSA) is 25.8 Å². The average molecular weight is 211 g/mol. The molecule has 1 aromatic carbocycles. The summed E-state index contributed by atoms with van der Waals surface area (Å²) in [5.74, 6) is 0. The van der Waals surface area contributed by atoms with Crippen molar-refractivity contribution in [2.75, 3.05) is 0 Å². The van der Waals surface area contributed by atoms with Gasteiger partial charge in [0.05, 0.1) is 11.2 Å². The average Bonchev–Trinajstić information content (AvgIpc) is 2.82. The van der Waals surface area contributed by atoms with Crippen LogP contribution in [0.25, 0.3) is 21.6 Å². The number of para-hydroxylation sites is 1. The highest BCUT2D eigenvalue weighted by atomic mass is 32.1. The Balaban J connectivity index is 2.22. The van der Waals surface area contributed by atoms with Crippen molar-refractivity contribution in [2.45, 2.75) is 0 Å². The lowest BCUT2D eigenvalue weighted by Gasteiger charge is -1.98. The Labute approximate surface area is 91.2 Å². The van der Waals surface area contributed by atoms with Crippen molar-refractivity contribution in [3.63, 3.8) is 0 Å². The number of nitrogens with zero attached hydrogens (tertiary/aromatic N) is 2. The molecule has 3 aromatic rings. The molecule has 0 fully saturated rings. The Morgan fingerprint density at radius 2 is 2.00 bits per heavy atom. The fourth-order valence-electron chi connectivity index (χ4n) is 1.50. The van der Waals surface area contributed by atoms with E-state index in [9.17, 15) is 0 Å². The van der Waals surface area contributed by atoms with E-state index >= 15 is 0 Å². The minimum Gasteiger partial charge on any atom is -0.245 e. The lowest BCUT2D eigenvalue weighted by molar-refractivity contribution is 1.33. The predicted octanol–water partition coefficient (Wildman–Crippen LogP) is 3.16. The highest BCUT2D eigenvalue weighted by Gasteiger charge is 2.02. The normalized spacial score (nSPS) is 10.7. The second-order valence-corrected chi connectivity index (χ2v) is 4.03. The number of hydrogen-bond acceptors (Lipinski definition) is 3. The maximum Gasteiger partial charge on any atom is 0.142 e. The van der Waals surface area contributed by atoms with Gasteiger partial charge in [0.25, 0.3) is 0 Å². The third kappa shape index (κ3) is 1.51. The summed E-state index contributed by atoms with van der Waals surface area (Å²) in [6.45, 7) is 0. The first-order chi connectivity index (χ1) is 7.43. The van der Waals surface area contributed by atoms with Crippen LogP contribution < -0.4 is 0 Å². The highest BCUT2D eigenvalue weighted by Crippen LogP contribution is 2.22. The monoisotopic (exact) mass is 211 g/mol. The SMILES string of the molecule is [c]1csc(-c2ccc3ccccc3n2)n1. The van der Waals surface area contributed by atoms with Crippen molar-refractivity contribution in [1.82, 2.24) is 9.97 Å². The Hall–Kier alpha value is -1.74. The van der Waals surface area contributed by atoms with Gasteiger partial charge in [-0.05, 0) is 12.1 Å². The van der Waals surface area contributed by atoms with Crippen LogP contribution in [-0.2, 0) is 0 Å². The van der Waals surface area contributed by atoms with Crippen LogP contribution in [0.3, 0.4) is 0 Å². The summed E-state index contributed by atoms with van der Waals surface area (Å²) in [4.78, 5) is 8.67. The van der Waals surface area contributed by atoms with E-state index in [2.05, 4.69) is 28.3 Å². The van der Waals surface area contributed by atoms with E-state index in [1.165, 1.54) is 0 Å². The first-order valence-corrected chi connectivity index (χ1v) is 5.49. The first kappa shape index (κ1) is 8.56. The van der Waals surface area contributed by atoms with Gasteiger partial charge in [0, 0.05) is 10.8 Å². The van der Waals surface area contributed by atoms with Crippen molar-refractivity contribution in [3.8, 4) is 10.7 Å². The lowest BCUT2D eigenvalue weighted by Crippen LogP contribution is -1.83. The van der Waals surface area contributed by atoms with Gasteiger partial charge in [-0.15, -0.1) is 11.3 Å². The standard InChI is InChI=1S/C12H7N2S/c1-2-4-10-9(3-1)5-6-11(14-10)12-13-7-8-15-12/h1-6,8H. The van der Waals surface area contributed by atoms with E-state index in [1.54, 1.807) is 11.3 Å². The van der Waals surface area contributed by atoms with Crippen molar-refractivity contribution in [2.24, 2.45) is 0 Å². The molecule has 0 unspecified atom stereocenters. The fourth-order valence-corrected chi connectivity index (χ4v) is 2.05. The molecule has 0 bridgehead atoms. The molecule has 3 heteroatoms. The number of fused-ring (bicyclic) bond motifs is 1. The van der Waals surface area contributed by atoms with Crippen LogP contribution in [0.15, 0.2) is 41.8 Å². The molecule has 0 saturated heterocycles. The number of aromatic nitrogens is 2. The highest BCUT2D eigenvalue weighted by molar-refractivity contribution is 7.13. The van der Waals surface area contributed by atoms with E-state index in [0.29, 0.717) is 0 Å². The summed E-state index contributed by atoms with van der Waals surface area (Å²) in [5, 5.41) is 3.91. The predicted molar refractivity (Wildman–Crippen MR) is 61.7 cm³/mol. The van der Waals surface area contributed by atoms with Gasteiger partial charge >= 0.3 is 0 Å². The minimum atomic E-state index is 0.917. The molecule has 2 aromatic heterocycles. The zero-order valence-electron chi connectivity index (χ0n) is 7.84. The van der Waals surface area contributed by atoms with Crippen molar-refractivity contribution in [1.29, 1.82) is 0 Å². The van der Waals surface area contributed by atoms with Crippen molar-refractivity contribution in [3.05, 3.63) is 48.0 Å². The second-order valence-electron chi connectivity index (χ2n) is 3.17. The third-order valence-electron chi connectivity index (χ3n) is 2.21. The molecule has 71 valence electrons. The Morgan fingerprint density at radius 1 is 1.07 bits per heavy atom. The zero-order valence-corrected chi connectivity index (χ0v) is 8.66. The quantitative estimate of drug-likeness (QED) is 0.618. The summed E-state index contributed by atoms with van der Waals surface area (Å²) in [7, 11) is 0. The van der Waals surface area contributed by atoms with Gasteiger partial charge in [-0.25, -0.2) is 9.97 Å². The number of thiazole rings is 1. The number of rotatable bonds is 1.